The minimum absolute atomic E-state index is 0.0778. The van der Waals surface area contributed by atoms with Gasteiger partial charge in [-0.25, -0.2) is 4.79 Å². The topological polar surface area (TPSA) is 91.4 Å². The van der Waals surface area contributed by atoms with Crippen LogP contribution in [0.1, 0.15) is 21.6 Å². The van der Waals surface area contributed by atoms with Crippen molar-refractivity contribution in [3.63, 3.8) is 0 Å². The zero-order valence-electron chi connectivity index (χ0n) is 11.8. The van der Waals surface area contributed by atoms with Gasteiger partial charge in [0, 0.05) is 11.9 Å². The molecule has 0 unspecified atom stereocenters. The molecule has 1 aromatic carbocycles. The number of aromatic nitrogens is 1. The summed E-state index contributed by atoms with van der Waals surface area (Å²) < 4.78 is 5.09. The van der Waals surface area contributed by atoms with Crippen LogP contribution in [0, 0.1) is 6.92 Å². The third kappa shape index (κ3) is 3.42. The maximum atomic E-state index is 12.0. The maximum Gasteiger partial charge on any atom is 0.339 e. The van der Waals surface area contributed by atoms with Crippen molar-refractivity contribution in [1.29, 1.82) is 0 Å². The largest absolute Gasteiger partial charge is 0.497 e. The van der Waals surface area contributed by atoms with Gasteiger partial charge in [0.2, 0.25) is 5.91 Å². The van der Waals surface area contributed by atoms with Crippen molar-refractivity contribution >= 4 is 17.6 Å². The summed E-state index contributed by atoms with van der Waals surface area (Å²) in [5, 5.41) is 11.7. The van der Waals surface area contributed by atoms with Crippen LogP contribution in [-0.4, -0.2) is 29.1 Å². The minimum Gasteiger partial charge on any atom is -0.497 e. The number of carbonyl (C=O) groups is 2. The lowest BCUT2D eigenvalue weighted by atomic mass is 10.1. The Kier molecular flexibility index (Phi) is 4.27. The highest BCUT2D eigenvalue weighted by Crippen LogP contribution is 2.20. The average Bonchev–Trinajstić information content (AvgIpc) is 2.79. The highest BCUT2D eigenvalue weighted by molar-refractivity contribution is 6.01. The molecule has 0 spiro atoms. The maximum absolute atomic E-state index is 12.0. The molecule has 0 atom stereocenters. The van der Waals surface area contributed by atoms with E-state index in [-0.39, 0.29) is 23.6 Å². The van der Waals surface area contributed by atoms with Crippen molar-refractivity contribution in [3.05, 3.63) is 47.3 Å². The third-order valence-electron chi connectivity index (χ3n) is 3.06. The molecule has 0 aliphatic heterocycles. The molecule has 2 aromatic rings. The Bertz CT molecular complexity index is 676. The predicted molar refractivity (Wildman–Crippen MR) is 77.8 cm³/mol. The van der Waals surface area contributed by atoms with E-state index in [0.29, 0.717) is 11.4 Å². The van der Waals surface area contributed by atoms with E-state index >= 15 is 0 Å². The van der Waals surface area contributed by atoms with E-state index in [1.165, 1.54) is 6.20 Å². The zero-order chi connectivity index (χ0) is 15.4. The van der Waals surface area contributed by atoms with Crippen molar-refractivity contribution in [2.45, 2.75) is 13.3 Å². The summed E-state index contributed by atoms with van der Waals surface area (Å²) in [7, 11) is 1.56. The van der Waals surface area contributed by atoms with Gasteiger partial charge in [-0.05, 0) is 24.6 Å². The molecule has 1 heterocycles. The number of aromatic carboxylic acids is 1. The Hall–Kier alpha value is -2.76. The van der Waals surface area contributed by atoms with E-state index in [1.54, 1.807) is 32.2 Å². The van der Waals surface area contributed by atoms with Gasteiger partial charge in [-0.15, -0.1) is 0 Å². The Morgan fingerprint density at radius 2 is 2.14 bits per heavy atom. The van der Waals surface area contributed by atoms with Crippen LogP contribution in [0.25, 0.3) is 0 Å². The van der Waals surface area contributed by atoms with Crippen molar-refractivity contribution in [2.75, 3.05) is 12.4 Å². The van der Waals surface area contributed by atoms with Gasteiger partial charge in [0.25, 0.3) is 0 Å². The van der Waals surface area contributed by atoms with Gasteiger partial charge < -0.3 is 20.1 Å². The summed E-state index contributed by atoms with van der Waals surface area (Å²) >= 11 is 0. The number of rotatable bonds is 5. The van der Waals surface area contributed by atoms with E-state index in [9.17, 15) is 9.59 Å². The van der Waals surface area contributed by atoms with Gasteiger partial charge in [0.05, 0.1) is 19.2 Å². The van der Waals surface area contributed by atoms with Crippen LogP contribution in [0.15, 0.2) is 30.5 Å². The summed E-state index contributed by atoms with van der Waals surface area (Å²) in [5.74, 6) is -0.695. The summed E-state index contributed by atoms with van der Waals surface area (Å²) in [6.07, 6.45) is 1.61. The standard InChI is InChI=1S/C15H16N2O4/c1-9-14(15(19)20)12(8-16-9)17-13(18)7-10-4-3-5-11(6-10)21-2/h3-6,8,16H,7H2,1-2H3,(H,17,18)(H,19,20). The molecule has 0 radical (unpaired) electrons. The molecule has 3 N–H and O–H groups in total. The van der Waals surface area contributed by atoms with Crippen LogP contribution < -0.4 is 10.1 Å². The first-order valence-corrected chi connectivity index (χ1v) is 6.35. The van der Waals surface area contributed by atoms with E-state index in [4.69, 9.17) is 9.84 Å². The normalized spacial score (nSPS) is 10.2. The van der Waals surface area contributed by atoms with Gasteiger partial charge in [0.1, 0.15) is 11.3 Å². The molecule has 2 rings (SSSR count). The number of amides is 1. The Morgan fingerprint density at radius 3 is 2.81 bits per heavy atom. The van der Waals surface area contributed by atoms with Gasteiger partial charge in [-0.3, -0.25) is 4.79 Å². The molecule has 6 nitrogen and oxygen atoms in total. The fourth-order valence-electron chi connectivity index (χ4n) is 2.06. The van der Waals surface area contributed by atoms with Crippen molar-refractivity contribution in [2.24, 2.45) is 0 Å². The Labute approximate surface area is 121 Å². The summed E-state index contributed by atoms with van der Waals surface area (Å²) in [4.78, 5) is 25.9. The second-order valence-electron chi connectivity index (χ2n) is 4.58. The molecule has 0 aliphatic carbocycles. The van der Waals surface area contributed by atoms with Crippen LogP contribution in [0.3, 0.4) is 0 Å². The number of aryl methyl sites for hydroxylation is 1. The smallest absolute Gasteiger partial charge is 0.339 e. The van der Waals surface area contributed by atoms with E-state index in [2.05, 4.69) is 10.3 Å². The predicted octanol–water partition coefficient (Wildman–Crippen LogP) is 2.21. The zero-order valence-corrected chi connectivity index (χ0v) is 11.8. The number of carbonyl (C=O) groups excluding carboxylic acids is 1. The number of methoxy groups -OCH3 is 1. The molecule has 0 saturated heterocycles. The lowest BCUT2D eigenvalue weighted by Crippen LogP contribution is -2.16. The number of carboxylic acids is 1. The highest BCUT2D eigenvalue weighted by Gasteiger charge is 2.17. The molecule has 1 aromatic heterocycles. The van der Waals surface area contributed by atoms with Crippen LogP contribution in [-0.2, 0) is 11.2 Å². The number of anilines is 1. The van der Waals surface area contributed by atoms with E-state index in [0.717, 1.165) is 5.56 Å². The van der Waals surface area contributed by atoms with Crippen LogP contribution in [0.4, 0.5) is 5.69 Å². The van der Waals surface area contributed by atoms with Gasteiger partial charge in [-0.1, -0.05) is 12.1 Å². The number of carboxylic acid groups (broad SMARTS) is 1. The lowest BCUT2D eigenvalue weighted by Gasteiger charge is -2.06. The SMILES string of the molecule is COc1cccc(CC(=O)Nc2c[nH]c(C)c2C(=O)O)c1. The molecule has 0 saturated carbocycles. The molecular weight excluding hydrogens is 272 g/mol. The van der Waals surface area contributed by atoms with Crippen molar-refractivity contribution < 1.29 is 19.4 Å². The molecule has 1 amide bonds. The fourth-order valence-corrected chi connectivity index (χ4v) is 2.06. The number of hydrogen-bond acceptors (Lipinski definition) is 3. The number of aromatic amines is 1. The molecule has 21 heavy (non-hydrogen) atoms. The molecular formula is C15H16N2O4. The number of hydrogen-bond donors (Lipinski definition) is 3. The van der Waals surface area contributed by atoms with E-state index < -0.39 is 5.97 Å². The van der Waals surface area contributed by atoms with Crippen molar-refractivity contribution in [1.82, 2.24) is 4.98 Å². The summed E-state index contributed by atoms with van der Waals surface area (Å²) in [6, 6.07) is 7.16. The monoisotopic (exact) mass is 288 g/mol. The van der Waals surface area contributed by atoms with Crippen LogP contribution in [0.5, 0.6) is 5.75 Å². The summed E-state index contributed by atoms with van der Waals surface area (Å²) in [6.45, 7) is 1.64. The first-order valence-electron chi connectivity index (χ1n) is 6.35. The molecule has 6 heteroatoms. The lowest BCUT2D eigenvalue weighted by molar-refractivity contribution is -0.115. The number of benzene rings is 1. The minimum atomic E-state index is -1.08. The highest BCUT2D eigenvalue weighted by atomic mass is 16.5. The average molecular weight is 288 g/mol. The van der Waals surface area contributed by atoms with E-state index in [1.807, 2.05) is 6.07 Å². The van der Waals surface area contributed by atoms with Crippen molar-refractivity contribution in [3.8, 4) is 5.75 Å². The quantitative estimate of drug-likeness (QED) is 0.786. The molecule has 0 bridgehead atoms. The third-order valence-corrected chi connectivity index (χ3v) is 3.06. The fraction of sp³-hybridized carbons (Fsp3) is 0.200. The molecule has 110 valence electrons. The number of H-pyrrole nitrogens is 1. The second kappa shape index (κ2) is 6.13. The Balaban J connectivity index is 2.10. The first kappa shape index (κ1) is 14.6. The molecule has 0 aliphatic rings. The van der Waals surface area contributed by atoms with Crippen LogP contribution >= 0.6 is 0 Å². The Morgan fingerprint density at radius 1 is 1.38 bits per heavy atom. The van der Waals surface area contributed by atoms with Gasteiger partial charge in [-0.2, -0.15) is 0 Å². The number of nitrogens with one attached hydrogen (secondary N) is 2. The van der Waals surface area contributed by atoms with Gasteiger partial charge >= 0.3 is 5.97 Å². The van der Waals surface area contributed by atoms with Gasteiger partial charge in [0.15, 0.2) is 0 Å². The molecule has 0 fully saturated rings. The second-order valence-corrected chi connectivity index (χ2v) is 4.58. The van der Waals surface area contributed by atoms with Crippen LogP contribution in [0.2, 0.25) is 0 Å². The number of ether oxygens (including phenoxy) is 1. The first-order chi connectivity index (χ1) is 10.0. The summed E-state index contributed by atoms with van der Waals surface area (Å²) in [5.41, 5.74) is 1.64.